The lowest BCUT2D eigenvalue weighted by Crippen LogP contribution is -2.26. The molecular weight excluding hydrogens is 383 g/mol. The van der Waals surface area contributed by atoms with Gasteiger partial charge in [-0.05, 0) is 55.3 Å². The number of amides is 2. The van der Waals surface area contributed by atoms with E-state index in [4.69, 9.17) is 9.15 Å². The summed E-state index contributed by atoms with van der Waals surface area (Å²) in [6.45, 7) is 3.55. The van der Waals surface area contributed by atoms with Crippen molar-refractivity contribution in [1.29, 1.82) is 0 Å². The molecular formula is C20H19FN2O4S. The van der Waals surface area contributed by atoms with Crippen LogP contribution in [0.15, 0.2) is 47.1 Å². The molecule has 6 nitrogen and oxygen atoms in total. The van der Waals surface area contributed by atoms with Crippen molar-refractivity contribution in [3.63, 3.8) is 0 Å². The normalized spacial score (nSPS) is 11.7. The van der Waals surface area contributed by atoms with Crippen LogP contribution < -0.4 is 15.4 Å². The number of aryl methyl sites for hydroxylation is 1. The molecule has 8 heteroatoms. The number of carbonyl (C=O) groups excluding carboxylic acids is 2. The van der Waals surface area contributed by atoms with Crippen molar-refractivity contribution in [3.8, 4) is 5.75 Å². The van der Waals surface area contributed by atoms with E-state index in [0.717, 1.165) is 16.9 Å². The highest BCUT2D eigenvalue weighted by Gasteiger charge is 2.19. The topological polar surface area (TPSA) is 80.6 Å². The van der Waals surface area contributed by atoms with E-state index in [1.165, 1.54) is 25.5 Å². The van der Waals surface area contributed by atoms with E-state index in [1.54, 1.807) is 38.1 Å². The summed E-state index contributed by atoms with van der Waals surface area (Å²) in [5, 5.41) is 6.09. The lowest BCUT2D eigenvalue weighted by molar-refractivity contribution is 0.0942. The first kappa shape index (κ1) is 19.6. The van der Waals surface area contributed by atoms with Crippen molar-refractivity contribution in [2.75, 3.05) is 12.4 Å². The first-order chi connectivity index (χ1) is 13.4. The maximum absolute atomic E-state index is 13.9. The molecule has 0 aliphatic carbocycles. The summed E-state index contributed by atoms with van der Waals surface area (Å²) in [5.74, 6) is -0.845. The summed E-state index contributed by atoms with van der Waals surface area (Å²) in [5.41, 5.74) is 1.34. The standard InChI is InChI=1S/C20H19FN2O4S/c1-11-9-17(23-19(24)16-5-4-8-27-16)28-18(11)20(25)22-12(2)13-6-7-15(26-3)14(21)10-13/h4-10,12H,1-3H3,(H,22,25)(H,23,24)/t12-/m1/s1. The predicted molar refractivity (Wildman–Crippen MR) is 105 cm³/mol. The highest BCUT2D eigenvalue weighted by Crippen LogP contribution is 2.28. The van der Waals surface area contributed by atoms with Gasteiger partial charge in [-0.3, -0.25) is 9.59 Å². The van der Waals surface area contributed by atoms with Crippen molar-refractivity contribution >= 4 is 28.2 Å². The average molecular weight is 402 g/mol. The molecule has 1 atom stereocenters. The maximum atomic E-state index is 13.9. The maximum Gasteiger partial charge on any atom is 0.291 e. The second kappa shape index (κ2) is 8.26. The van der Waals surface area contributed by atoms with Gasteiger partial charge in [0.15, 0.2) is 17.3 Å². The number of nitrogens with one attached hydrogen (secondary N) is 2. The highest BCUT2D eigenvalue weighted by atomic mass is 32.1. The zero-order valence-corrected chi connectivity index (χ0v) is 16.4. The van der Waals surface area contributed by atoms with Gasteiger partial charge >= 0.3 is 0 Å². The summed E-state index contributed by atoms with van der Waals surface area (Å²) in [4.78, 5) is 25.2. The largest absolute Gasteiger partial charge is 0.494 e. The zero-order valence-electron chi connectivity index (χ0n) is 15.5. The van der Waals surface area contributed by atoms with E-state index >= 15 is 0 Å². The fourth-order valence-corrected chi connectivity index (χ4v) is 3.62. The van der Waals surface area contributed by atoms with Crippen LogP contribution in [-0.4, -0.2) is 18.9 Å². The van der Waals surface area contributed by atoms with E-state index in [0.29, 0.717) is 15.4 Å². The minimum absolute atomic E-state index is 0.147. The number of furan rings is 1. The van der Waals surface area contributed by atoms with Gasteiger partial charge in [-0.2, -0.15) is 0 Å². The van der Waals surface area contributed by atoms with Crippen molar-refractivity contribution in [1.82, 2.24) is 5.32 Å². The molecule has 2 aromatic heterocycles. The number of hydrogen-bond acceptors (Lipinski definition) is 5. The fourth-order valence-electron chi connectivity index (χ4n) is 2.65. The van der Waals surface area contributed by atoms with E-state index in [-0.39, 0.29) is 23.3 Å². The third-order valence-electron chi connectivity index (χ3n) is 4.13. The molecule has 2 heterocycles. The zero-order chi connectivity index (χ0) is 20.3. The molecule has 0 unspecified atom stereocenters. The smallest absolute Gasteiger partial charge is 0.291 e. The number of ether oxygens (including phenoxy) is 1. The number of benzene rings is 1. The molecule has 2 amide bonds. The molecule has 0 spiro atoms. The molecule has 146 valence electrons. The Morgan fingerprint density at radius 2 is 2.00 bits per heavy atom. The van der Waals surface area contributed by atoms with E-state index in [2.05, 4.69) is 10.6 Å². The Labute approximate surface area is 165 Å². The molecule has 0 fully saturated rings. The predicted octanol–water partition coefficient (Wildman–Crippen LogP) is 4.54. The van der Waals surface area contributed by atoms with Crippen LogP contribution in [-0.2, 0) is 0 Å². The average Bonchev–Trinajstić information content (AvgIpc) is 3.31. The summed E-state index contributed by atoms with van der Waals surface area (Å²) in [6.07, 6.45) is 1.41. The molecule has 0 bridgehead atoms. The SMILES string of the molecule is COc1ccc([C@@H](C)NC(=O)c2sc(NC(=O)c3ccco3)cc2C)cc1F. The van der Waals surface area contributed by atoms with Crippen molar-refractivity contribution < 1.29 is 23.1 Å². The van der Waals surface area contributed by atoms with Crippen LogP contribution in [0.1, 0.15) is 44.3 Å². The lowest BCUT2D eigenvalue weighted by atomic mass is 10.1. The number of carbonyl (C=O) groups is 2. The van der Waals surface area contributed by atoms with E-state index < -0.39 is 11.9 Å². The minimum atomic E-state index is -0.490. The van der Waals surface area contributed by atoms with Crippen LogP contribution in [0.5, 0.6) is 5.75 Å². The summed E-state index contributed by atoms with van der Waals surface area (Å²) in [7, 11) is 1.39. The number of thiophene rings is 1. The van der Waals surface area contributed by atoms with Gasteiger partial charge < -0.3 is 19.8 Å². The minimum Gasteiger partial charge on any atom is -0.494 e. The molecule has 2 N–H and O–H groups in total. The monoisotopic (exact) mass is 402 g/mol. The van der Waals surface area contributed by atoms with Crippen LogP contribution in [0.25, 0.3) is 0 Å². The number of anilines is 1. The molecule has 3 rings (SSSR count). The van der Waals surface area contributed by atoms with Crippen molar-refractivity contribution in [2.45, 2.75) is 19.9 Å². The molecule has 0 aliphatic heterocycles. The molecule has 28 heavy (non-hydrogen) atoms. The van der Waals surface area contributed by atoms with Crippen LogP contribution in [0.4, 0.5) is 9.39 Å². The molecule has 0 saturated carbocycles. The van der Waals surface area contributed by atoms with Crippen LogP contribution in [0.2, 0.25) is 0 Å². The Hall–Kier alpha value is -3.13. The number of halogens is 1. The second-order valence-corrected chi connectivity index (χ2v) is 7.20. The van der Waals surface area contributed by atoms with Gasteiger partial charge in [-0.25, -0.2) is 4.39 Å². The first-order valence-electron chi connectivity index (χ1n) is 8.48. The van der Waals surface area contributed by atoms with Gasteiger partial charge in [-0.1, -0.05) is 6.07 Å². The summed E-state index contributed by atoms with van der Waals surface area (Å²) >= 11 is 1.16. The quantitative estimate of drug-likeness (QED) is 0.634. The Morgan fingerprint density at radius 3 is 2.64 bits per heavy atom. The lowest BCUT2D eigenvalue weighted by Gasteiger charge is -2.15. The van der Waals surface area contributed by atoms with E-state index in [9.17, 15) is 14.0 Å². The molecule has 0 saturated heterocycles. The van der Waals surface area contributed by atoms with Crippen LogP contribution >= 0.6 is 11.3 Å². The van der Waals surface area contributed by atoms with Crippen LogP contribution in [0.3, 0.4) is 0 Å². The number of hydrogen-bond donors (Lipinski definition) is 2. The second-order valence-electron chi connectivity index (χ2n) is 6.14. The third kappa shape index (κ3) is 4.23. The summed E-state index contributed by atoms with van der Waals surface area (Å²) < 4.78 is 23.9. The first-order valence-corrected chi connectivity index (χ1v) is 9.30. The highest BCUT2D eigenvalue weighted by molar-refractivity contribution is 7.18. The van der Waals surface area contributed by atoms with Gasteiger partial charge in [0.2, 0.25) is 0 Å². The van der Waals surface area contributed by atoms with Gasteiger partial charge in [0.05, 0.1) is 29.3 Å². The van der Waals surface area contributed by atoms with Crippen molar-refractivity contribution in [3.05, 3.63) is 70.2 Å². The number of methoxy groups -OCH3 is 1. The van der Waals surface area contributed by atoms with Gasteiger partial charge in [0.25, 0.3) is 11.8 Å². The summed E-state index contributed by atoms with van der Waals surface area (Å²) in [6, 6.07) is 9.04. The Bertz CT molecular complexity index is 998. The molecule has 1 aromatic carbocycles. The fraction of sp³-hybridized carbons (Fsp3) is 0.200. The Balaban J connectivity index is 1.69. The van der Waals surface area contributed by atoms with Gasteiger partial charge in [-0.15, -0.1) is 11.3 Å². The molecule has 0 aliphatic rings. The van der Waals surface area contributed by atoms with Gasteiger partial charge in [0.1, 0.15) is 0 Å². The number of rotatable bonds is 6. The molecule has 3 aromatic rings. The van der Waals surface area contributed by atoms with Crippen LogP contribution in [0, 0.1) is 12.7 Å². The molecule has 0 radical (unpaired) electrons. The van der Waals surface area contributed by atoms with Crippen molar-refractivity contribution in [2.24, 2.45) is 0 Å². The van der Waals surface area contributed by atoms with E-state index in [1.807, 2.05) is 0 Å². The van der Waals surface area contributed by atoms with Gasteiger partial charge in [0, 0.05) is 0 Å². The Morgan fingerprint density at radius 1 is 1.21 bits per heavy atom. The Kier molecular flexibility index (Phi) is 5.79. The third-order valence-corrected chi connectivity index (χ3v) is 5.28.